The maximum absolute atomic E-state index is 14.9. The number of carbonyl (C=O) groups is 1. The SMILES string of the molecule is O=C(N[C@@H]1c2cc(CNCCSc3cccc(F)n3)ccc2C[C@H]1O)c1ccc(-c2ccccc2)cc1F. The van der Waals surface area contributed by atoms with Crippen molar-refractivity contribution in [3.05, 3.63) is 119 Å². The fourth-order valence-electron chi connectivity index (χ4n) is 4.61. The van der Waals surface area contributed by atoms with Crippen LogP contribution in [0.5, 0.6) is 0 Å². The molecule has 5 rings (SSSR count). The number of aromatic nitrogens is 1. The molecule has 38 heavy (non-hydrogen) atoms. The number of hydrogen-bond donors (Lipinski definition) is 3. The topological polar surface area (TPSA) is 74.2 Å². The third-order valence-electron chi connectivity index (χ3n) is 6.51. The van der Waals surface area contributed by atoms with Gasteiger partial charge in [0.05, 0.1) is 22.7 Å². The molecule has 1 heterocycles. The molecule has 0 saturated carbocycles. The van der Waals surface area contributed by atoms with Gasteiger partial charge in [0.2, 0.25) is 5.95 Å². The Hall–Kier alpha value is -3.59. The number of aliphatic hydroxyl groups excluding tert-OH is 1. The van der Waals surface area contributed by atoms with Crippen molar-refractivity contribution >= 4 is 17.7 Å². The lowest BCUT2D eigenvalue weighted by atomic mass is 10.0. The Balaban J connectivity index is 1.20. The number of nitrogens with zero attached hydrogens (tertiary/aromatic N) is 1. The second-order valence-electron chi connectivity index (χ2n) is 9.14. The van der Waals surface area contributed by atoms with Gasteiger partial charge in [-0.1, -0.05) is 60.7 Å². The van der Waals surface area contributed by atoms with Crippen LogP contribution in [0.1, 0.15) is 33.1 Å². The zero-order valence-electron chi connectivity index (χ0n) is 20.5. The molecule has 1 aromatic heterocycles. The van der Waals surface area contributed by atoms with Gasteiger partial charge in [-0.3, -0.25) is 4.79 Å². The lowest BCUT2D eigenvalue weighted by Gasteiger charge is -2.19. The van der Waals surface area contributed by atoms with E-state index in [4.69, 9.17) is 0 Å². The summed E-state index contributed by atoms with van der Waals surface area (Å²) < 4.78 is 28.1. The first-order chi connectivity index (χ1) is 18.5. The summed E-state index contributed by atoms with van der Waals surface area (Å²) in [6.45, 7) is 1.29. The van der Waals surface area contributed by atoms with Crippen molar-refractivity contribution in [1.82, 2.24) is 15.6 Å². The number of rotatable bonds is 9. The molecule has 1 aliphatic rings. The Morgan fingerprint density at radius 2 is 1.82 bits per heavy atom. The summed E-state index contributed by atoms with van der Waals surface area (Å²) in [5.74, 6) is -0.934. The van der Waals surface area contributed by atoms with Crippen LogP contribution in [-0.2, 0) is 13.0 Å². The number of thioether (sulfide) groups is 1. The van der Waals surface area contributed by atoms with Crippen LogP contribution in [0.2, 0.25) is 0 Å². The zero-order chi connectivity index (χ0) is 26.5. The van der Waals surface area contributed by atoms with Crippen LogP contribution in [0.25, 0.3) is 11.1 Å². The second-order valence-corrected chi connectivity index (χ2v) is 10.3. The highest BCUT2D eigenvalue weighted by Crippen LogP contribution is 2.33. The van der Waals surface area contributed by atoms with Crippen molar-refractivity contribution in [1.29, 1.82) is 0 Å². The minimum atomic E-state index is -0.793. The van der Waals surface area contributed by atoms with Gasteiger partial charge in [0.1, 0.15) is 5.82 Å². The fraction of sp³-hybridized carbons (Fsp3) is 0.200. The Kier molecular flexibility index (Phi) is 8.12. The highest BCUT2D eigenvalue weighted by molar-refractivity contribution is 7.99. The van der Waals surface area contributed by atoms with E-state index in [1.54, 1.807) is 18.2 Å². The van der Waals surface area contributed by atoms with E-state index in [9.17, 15) is 18.7 Å². The number of amides is 1. The smallest absolute Gasteiger partial charge is 0.254 e. The number of aliphatic hydroxyl groups is 1. The third-order valence-corrected chi connectivity index (χ3v) is 7.45. The number of hydrogen-bond acceptors (Lipinski definition) is 5. The van der Waals surface area contributed by atoms with Crippen molar-refractivity contribution in [3.8, 4) is 11.1 Å². The van der Waals surface area contributed by atoms with E-state index in [0.29, 0.717) is 30.1 Å². The third kappa shape index (κ3) is 6.10. The minimum absolute atomic E-state index is 0.0616. The predicted molar refractivity (Wildman–Crippen MR) is 145 cm³/mol. The van der Waals surface area contributed by atoms with E-state index >= 15 is 0 Å². The van der Waals surface area contributed by atoms with E-state index in [0.717, 1.165) is 28.0 Å². The van der Waals surface area contributed by atoms with E-state index in [2.05, 4.69) is 15.6 Å². The van der Waals surface area contributed by atoms with Gasteiger partial charge < -0.3 is 15.7 Å². The number of pyridine rings is 1. The van der Waals surface area contributed by atoms with Crippen molar-refractivity contribution in [3.63, 3.8) is 0 Å². The number of fused-ring (bicyclic) bond motifs is 1. The first-order valence-electron chi connectivity index (χ1n) is 12.4. The zero-order valence-corrected chi connectivity index (χ0v) is 21.3. The van der Waals surface area contributed by atoms with Gasteiger partial charge in [-0.25, -0.2) is 9.37 Å². The van der Waals surface area contributed by atoms with E-state index in [1.165, 1.54) is 30.0 Å². The molecule has 3 N–H and O–H groups in total. The molecule has 194 valence electrons. The molecule has 0 saturated heterocycles. The summed E-state index contributed by atoms with van der Waals surface area (Å²) in [4.78, 5) is 16.8. The molecule has 4 aromatic rings. The standard InChI is InChI=1S/C30H27F2N3O2S/c31-25-16-21(20-5-2-1-3-6-20)11-12-23(25)30(37)35-29-24-15-19(9-10-22(24)17-26(29)36)18-33-13-14-38-28-8-4-7-27(32)34-28/h1-12,15-16,26,29,33,36H,13-14,17-18H2,(H,35,37)/t26-,29-/m1/s1. The molecule has 1 amide bonds. The normalized spacial score (nSPS) is 16.3. The number of nitrogens with one attached hydrogen (secondary N) is 2. The molecule has 8 heteroatoms. The molecule has 3 aromatic carbocycles. The second kappa shape index (κ2) is 11.9. The Morgan fingerprint density at radius 1 is 0.974 bits per heavy atom. The van der Waals surface area contributed by atoms with Crippen molar-refractivity contribution in [2.24, 2.45) is 0 Å². The van der Waals surface area contributed by atoms with Crippen LogP contribution in [-0.4, -0.2) is 34.4 Å². The van der Waals surface area contributed by atoms with E-state index in [1.807, 2.05) is 48.5 Å². The number of benzene rings is 3. The predicted octanol–water partition coefficient (Wildman–Crippen LogP) is 5.30. The van der Waals surface area contributed by atoms with Crippen molar-refractivity contribution in [2.75, 3.05) is 12.3 Å². The van der Waals surface area contributed by atoms with Crippen molar-refractivity contribution in [2.45, 2.75) is 30.1 Å². The molecule has 0 fully saturated rings. The molecule has 0 spiro atoms. The summed E-state index contributed by atoms with van der Waals surface area (Å²) in [5.41, 5.74) is 4.29. The lowest BCUT2D eigenvalue weighted by Crippen LogP contribution is -2.34. The monoisotopic (exact) mass is 531 g/mol. The van der Waals surface area contributed by atoms with Crippen LogP contribution in [0.3, 0.4) is 0 Å². The Morgan fingerprint density at radius 3 is 2.61 bits per heavy atom. The van der Waals surface area contributed by atoms with Gasteiger partial charge in [0.15, 0.2) is 0 Å². The van der Waals surface area contributed by atoms with Gasteiger partial charge in [-0.05, 0) is 52.1 Å². The average Bonchev–Trinajstić information content (AvgIpc) is 3.23. The molecule has 1 aliphatic carbocycles. The van der Waals surface area contributed by atoms with Gasteiger partial charge in [0, 0.05) is 25.3 Å². The van der Waals surface area contributed by atoms with Crippen LogP contribution in [0, 0.1) is 11.8 Å². The fourth-order valence-corrected chi connectivity index (χ4v) is 5.40. The average molecular weight is 532 g/mol. The summed E-state index contributed by atoms with van der Waals surface area (Å²) in [7, 11) is 0. The summed E-state index contributed by atoms with van der Waals surface area (Å²) in [6, 6.07) is 24.0. The van der Waals surface area contributed by atoms with E-state index in [-0.39, 0.29) is 5.56 Å². The maximum atomic E-state index is 14.9. The first-order valence-corrected chi connectivity index (χ1v) is 13.4. The number of halogens is 2. The summed E-state index contributed by atoms with van der Waals surface area (Å²) >= 11 is 1.47. The molecular weight excluding hydrogens is 504 g/mol. The van der Waals surface area contributed by atoms with Crippen molar-refractivity contribution < 1.29 is 18.7 Å². The van der Waals surface area contributed by atoms with Crippen LogP contribution < -0.4 is 10.6 Å². The Labute approximate surface area is 224 Å². The van der Waals surface area contributed by atoms with Gasteiger partial charge in [-0.2, -0.15) is 4.39 Å². The summed E-state index contributed by atoms with van der Waals surface area (Å²) in [5, 5.41) is 17.5. The molecule has 0 unspecified atom stereocenters. The molecular formula is C30H27F2N3O2S. The Bertz CT molecular complexity index is 1430. The van der Waals surface area contributed by atoms with E-state index < -0.39 is 29.8 Å². The van der Waals surface area contributed by atoms with Gasteiger partial charge in [0.25, 0.3) is 5.91 Å². The van der Waals surface area contributed by atoms with Crippen LogP contribution >= 0.6 is 11.8 Å². The van der Waals surface area contributed by atoms with Crippen LogP contribution in [0.15, 0.2) is 90.0 Å². The number of carbonyl (C=O) groups excluding carboxylic acids is 1. The minimum Gasteiger partial charge on any atom is -0.390 e. The molecule has 5 nitrogen and oxygen atoms in total. The molecule has 0 radical (unpaired) electrons. The maximum Gasteiger partial charge on any atom is 0.254 e. The largest absolute Gasteiger partial charge is 0.390 e. The quantitative estimate of drug-likeness (QED) is 0.155. The highest BCUT2D eigenvalue weighted by Gasteiger charge is 2.33. The van der Waals surface area contributed by atoms with Crippen LogP contribution in [0.4, 0.5) is 8.78 Å². The van der Waals surface area contributed by atoms with Gasteiger partial charge >= 0.3 is 0 Å². The lowest BCUT2D eigenvalue weighted by molar-refractivity contribution is 0.0854. The highest BCUT2D eigenvalue weighted by atomic mass is 32.2. The van der Waals surface area contributed by atoms with Gasteiger partial charge in [-0.15, -0.1) is 11.8 Å². The summed E-state index contributed by atoms with van der Waals surface area (Å²) in [6.07, 6.45) is -0.375. The molecule has 0 bridgehead atoms. The molecule has 2 atom stereocenters. The first kappa shape index (κ1) is 26.0. The molecule has 0 aliphatic heterocycles.